The second-order valence-electron chi connectivity index (χ2n) is 13.8. The highest BCUT2D eigenvalue weighted by molar-refractivity contribution is 7.91. The molecule has 6 rings (SSSR count). The Kier molecular flexibility index (Phi) is 11.5. The maximum absolute atomic E-state index is 12.7. The van der Waals surface area contributed by atoms with E-state index in [4.69, 9.17) is 11.5 Å². The number of hydrogen-bond acceptors (Lipinski definition) is 16. The van der Waals surface area contributed by atoms with Gasteiger partial charge in [-0.15, -0.1) is 20.4 Å². The molecule has 2 aliphatic rings. The number of rotatable bonds is 8. The molecular weight excluding hydrogens is 749 g/mol. The minimum Gasteiger partial charge on any atom is -0.386 e. The van der Waals surface area contributed by atoms with Gasteiger partial charge in [0, 0.05) is 62.7 Å². The molecule has 2 saturated heterocycles. The van der Waals surface area contributed by atoms with Crippen LogP contribution in [0.5, 0.6) is 0 Å². The molecule has 0 aliphatic carbocycles. The van der Waals surface area contributed by atoms with Crippen molar-refractivity contribution in [1.82, 2.24) is 29.0 Å². The average molecular weight is 795 g/mol. The van der Waals surface area contributed by atoms with Crippen LogP contribution in [0.1, 0.15) is 52.7 Å². The molecule has 2 aromatic carbocycles. The van der Waals surface area contributed by atoms with Crippen molar-refractivity contribution < 1.29 is 27.0 Å². The summed E-state index contributed by atoms with van der Waals surface area (Å²) in [6, 6.07) is 15.4. The smallest absolute Gasteiger partial charge is 0.272 e. The Bertz CT molecular complexity index is 1900. The van der Waals surface area contributed by atoms with Gasteiger partial charge in [0.05, 0.1) is 11.2 Å². The molecule has 4 heterocycles. The maximum atomic E-state index is 12.7. The van der Waals surface area contributed by atoms with Crippen LogP contribution in [0.25, 0.3) is 0 Å². The molecule has 284 valence electrons. The third-order valence-electron chi connectivity index (χ3n) is 8.96. The van der Waals surface area contributed by atoms with Crippen LogP contribution in [-0.2, 0) is 31.2 Å². The normalized spacial score (nSPS) is 19.7. The lowest BCUT2D eigenvalue weighted by molar-refractivity contribution is 0.0780. The van der Waals surface area contributed by atoms with E-state index in [0.717, 1.165) is 45.2 Å². The van der Waals surface area contributed by atoms with Gasteiger partial charge in [-0.3, -0.25) is 0 Å². The summed E-state index contributed by atoms with van der Waals surface area (Å²) in [6.07, 6.45) is 0. The van der Waals surface area contributed by atoms with E-state index < -0.39 is 31.2 Å². The van der Waals surface area contributed by atoms with Crippen LogP contribution < -0.4 is 21.3 Å². The zero-order chi connectivity index (χ0) is 38.2. The van der Waals surface area contributed by atoms with Crippen molar-refractivity contribution >= 4 is 64.4 Å². The van der Waals surface area contributed by atoms with Crippen molar-refractivity contribution in [3.8, 4) is 0 Å². The molecule has 0 radical (unpaired) electrons. The van der Waals surface area contributed by atoms with Gasteiger partial charge in [0.15, 0.2) is 0 Å². The quantitative estimate of drug-likeness (QED) is 0.201. The van der Waals surface area contributed by atoms with Crippen LogP contribution in [0, 0.1) is 0 Å². The molecule has 0 spiro atoms. The van der Waals surface area contributed by atoms with E-state index in [9.17, 15) is 27.0 Å². The Labute approximate surface area is 312 Å². The second kappa shape index (κ2) is 15.1. The van der Waals surface area contributed by atoms with Gasteiger partial charge in [-0.25, -0.2) is 16.8 Å². The minimum atomic E-state index is -3.67. The Morgan fingerprint density at radius 2 is 0.942 bits per heavy atom. The van der Waals surface area contributed by atoms with E-state index in [1.807, 2.05) is 62.4 Å². The SMILES string of the molecule is C[C@H]1CN(S(=O)(=O)c2nnc(N)s2)CCN1c1ccc(C(C)(C)O)cc1.C[C@H]1CN(S(=O)(=O)c2nnc(N)s2)CCN1c1ccc(C(C)(C)O)cc1. The molecule has 0 unspecified atom stereocenters. The Morgan fingerprint density at radius 1 is 0.615 bits per heavy atom. The predicted molar refractivity (Wildman–Crippen MR) is 203 cm³/mol. The fraction of sp³-hybridized carbons (Fsp3) is 0.500. The van der Waals surface area contributed by atoms with Crippen LogP contribution in [0.15, 0.2) is 57.2 Å². The molecular formula is C32H46N10O6S4. The number of benzene rings is 2. The molecule has 2 fully saturated rings. The molecule has 0 saturated carbocycles. The Hall–Kier alpha value is -3.50. The lowest BCUT2D eigenvalue weighted by Crippen LogP contribution is -2.53. The summed E-state index contributed by atoms with van der Waals surface area (Å²) >= 11 is 1.76. The Morgan fingerprint density at radius 3 is 1.19 bits per heavy atom. The van der Waals surface area contributed by atoms with Gasteiger partial charge in [0.25, 0.3) is 20.0 Å². The summed E-state index contributed by atoms with van der Waals surface area (Å²) in [4.78, 5) is 4.32. The first kappa shape index (κ1) is 39.7. The zero-order valence-corrected chi connectivity index (χ0v) is 33.2. The third-order valence-corrected chi connectivity index (χ3v) is 14.9. The highest BCUT2D eigenvalue weighted by Crippen LogP contribution is 2.30. The third kappa shape index (κ3) is 8.82. The summed E-state index contributed by atoms with van der Waals surface area (Å²) in [5, 5.41) is 35.0. The number of sulfonamides is 2. The standard InChI is InChI=1S/2C16H23N5O3S2/c2*1-11-10-20(26(23,24)15-19-18-14(17)25-15)8-9-21(11)13-6-4-12(5-7-13)16(2,3)22/h2*4-7,11,22H,8-10H2,1-3H3,(H2,17,18)/t2*11-/m00/s1. The van der Waals surface area contributed by atoms with E-state index in [2.05, 4.69) is 30.2 Å². The number of piperazine rings is 2. The molecule has 52 heavy (non-hydrogen) atoms. The van der Waals surface area contributed by atoms with Gasteiger partial charge in [0.2, 0.25) is 18.9 Å². The zero-order valence-electron chi connectivity index (χ0n) is 29.9. The van der Waals surface area contributed by atoms with Crippen molar-refractivity contribution in [3.05, 3.63) is 59.7 Å². The first-order valence-electron chi connectivity index (χ1n) is 16.6. The first-order valence-corrected chi connectivity index (χ1v) is 21.1. The predicted octanol–water partition coefficient (Wildman–Crippen LogP) is 2.49. The summed E-state index contributed by atoms with van der Waals surface area (Å²) in [7, 11) is -7.33. The molecule has 2 aliphatic heterocycles. The molecule has 0 bridgehead atoms. The summed E-state index contributed by atoms with van der Waals surface area (Å²) in [5.41, 5.74) is 12.9. The summed E-state index contributed by atoms with van der Waals surface area (Å²) in [6.45, 7) is 13.5. The minimum absolute atomic E-state index is 0.00298. The highest BCUT2D eigenvalue weighted by atomic mass is 32.3. The summed E-state index contributed by atoms with van der Waals surface area (Å²) in [5.74, 6) is 0. The monoisotopic (exact) mass is 794 g/mol. The van der Waals surface area contributed by atoms with E-state index >= 15 is 0 Å². The molecule has 2 atom stereocenters. The van der Waals surface area contributed by atoms with Crippen molar-refractivity contribution in [2.75, 3.05) is 60.5 Å². The average Bonchev–Trinajstić information content (AvgIpc) is 3.73. The van der Waals surface area contributed by atoms with E-state index in [1.165, 1.54) is 8.61 Å². The van der Waals surface area contributed by atoms with E-state index in [1.54, 1.807) is 27.7 Å². The second-order valence-corrected chi connectivity index (χ2v) is 20.1. The lowest BCUT2D eigenvalue weighted by atomic mass is 9.98. The van der Waals surface area contributed by atoms with Crippen LogP contribution in [0.2, 0.25) is 0 Å². The molecule has 6 N–H and O–H groups in total. The molecule has 0 amide bonds. The fourth-order valence-electron chi connectivity index (χ4n) is 6.04. The molecule has 4 aromatic rings. The molecule has 16 nitrogen and oxygen atoms in total. The van der Waals surface area contributed by atoms with Gasteiger partial charge in [-0.05, 0) is 76.9 Å². The van der Waals surface area contributed by atoms with Gasteiger partial charge in [0.1, 0.15) is 0 Å². The van der Waals surface area contributed by atoms with Gasteiger partial charge >= 0.3 is 0 Å². The maximum Gasteiger partial charge on any atom is 0.272 e. The Balaban J connectivity index is 0.000000201. The van der Waals surface area contributed by atoms with Crippen LogP contribution in [0.3, 0.4) is 0 Å². The van der Waals surface area contributed by atoms with Crippen molar-refractivity contribution in [1.29, 1.82) is 0 Å². The van der Waals surface area contributed by atoms with Gasteiger partial charge in [-0.1, -0.05) is 46.9 Å². The number of aliphatic hydroxyl groups is 2. The first-order chi connectivity index (χ1) is 24.2. The lowest BCUT2D eigenvalue weighted by Gasteiger charge is -2.40. The number of nitrogens with two attached hydrogens (primary N) is 2. The molecule has 20 heteroatoms. The van der Waals surface area contributed by atoms with Crippen LogP contribution in [0.4, 0.5) is 21.6 Å². The van der Waals surface area contributed by atoms with Crippen molar-refractivity contribution in [2.24, 2.45) is 0 Å². The number of anilines is 4. The van der Waals surface area contributed by atoms with Crippen LogP contribution in [-0.4, -0.2) is 107 Å². The number of nitrogen functional groups attached to an aromatic ring is 2. The molecule has 2 aromatic heterocycles. The summed E-state index contributed by atoms with van der Waals surface area (Å²) < 4.78 is 53.4. The van der Waals surface area contributed by atoms with Crippen molar-refractivity contribution in [3.63, 3.8) is 0 Å². The number of aromatic nitrogens is 4. The van der Waals surface area contributed by atoms with Gasteiger partial charge < -0.3 is 31.5 Å². The number of nitrogens with zero attached hydrogens (tertiary/aromatic N) is 8. The van der Waals surface area contributed by atoms with E-state index in [-0.39, 0.29) is 31.0 Å². The van der Waals surface area contributed by atoms with E-state index in [0.29, 0.717) is 39.3 Å². The largest absolute Gasteiger partial charge is 0.386 e. The topological polar surface area (TPSA) is 225 Å². The van der Waals surface area contributed by atoms with Crippen LogP contribution >= 0.6 is 22.7 Å². The highest BCUT2D eigenvalue weighted by Gasteiger charge is 2.36. The fourth-order valence-corrected chi connectivity index (χ4v) is 10.9. The number of hydrogen-bond donors (Lipinski definition) is 4. The van der Waals surface area contributed by atoms with Gasteiger partial charge in [-0.2, -0.15) is 8.61 Å². The van der Waals surface area contributed by atoms with Crippen molar-refractivity contribution in [2.45, 2.75) is 73.5 Å².